The van der Waals surface area contributed by atoms with Crippen LogP contribution in [-0.2, 0) is 13.0 Å². The Morgan fingerprint density at radius 2 is 1.51 bits per heavy atom. The molecule has 3 N–H and O–H groups in total. The van der Waals surface area contributed by atoms with E-state index in [1.165, 1.54) is 91.6 Å². The summed E-state index contributed by atoms with van der Waals surface area (Å²) in [4.78, 5) is 15.7. The number of benzene rings is 4. The van der Waals surface area contributed by atoms with Crippen molar-refractivity contribution in [1.29, 1.82) is 0 Å². The number of phenols is 2. The molecule has 0 aliphatic heterocycles. The van der Waals surface area contributed by atoms with Crippen molar-refractivity contribution in [3.8, 4) is 22.6 Å². The van der Waals surface area contributed by atoms with Crippen LogP contribution in [0, 0.1) is 19.8 Å². The molecule has 0 atom stereocenters. The summed E-state index contributed by atoms with van der Waals surface area (Å²) in [6.45, 7) is 16.1. The lowest BCUT2D eigenvalue weighted by Crippen LogP contribution is -2.27. The highest BCUT2D eigenvalue weighted by molar-refractivity contribution is 6.04. The fourth-order valence-corrected chi connectivity index (χ4v) is 6.77. The summed E-state index contributed by atoms with van der Waals surface area (Å²) in [6.07, 6.45) is 6.98. The molecule has 0 unspecified atom stereocenters. The first-order valence-corrected chi connectivity index (χ1v) is 18.0. The molecular formula is C43H53N3O3. The minimum absolute atomic E-state index is 0.101. The lowest BCUT2D eigenvalue weighted by molar-refractivity contribution is 0.102. The van der Waals surface area contributed by atoms with Gasteiger partial charge in [0.15, 0.2) is 0 Å². The number of carbonyl (C=O) groups is 1. The van der Waals surface area contributed by atoms with Crippen LogP contribution in [0.1, 0.15) is 85.6 Å². The highest BCUT2D eigenvalue weighted by Crippen LogP contribution is 2.39. The second kappa shape index (κ2) is 16.7. The Morgan fingerprint density at radius 3 is 2.18 bits per heavy atom. The van der Waals surface area contributed by atoms with Crippen LogP contribution in [0.15, 0.2) is 84.9 Å². The zero-order valence-corrected chi connectivity index (χ0v) is 29.9. The van der Waals surface area contributed by atoms with E-state index in [-0.39, 0.29) is 17.4 Å². The maximum atomic E-state index is 13.0. The topological polar surface area (TPSA) is 77.7 Å². The monoisotopic (exact) mass is 659 g/mol. The third-order valence-corrected chi connectivity index (χ3v) is 9.66. The van der Waals surface area contributed by atoms with Gasteiger partial charge in [-0.1, -0.05) is 75.7 Å². The number of hydrogen-bond donors (Lipinski definition) is 3. The molecule has 0 radical (unpaired) electrons. The summed E-state index contributed by atoms with van der Waals surface area (Å²) in [6, 6.07) is 26.5. The Bertz CT molecular complexity index is 1820. The smallest absolute Gasteiger partial charge is 0.255 e. The summed E-state index contributed by atoms with van der Waals surface area (Å²) < 4.78 is 2.50. The number of aryl methyl sites for hydroxylation is 2. The van der Waals surface area contributed by atoms with Gasteiger partial charge in [0.25, 0.3) is 5.91 Å². The molecule has 258 valence electrons. The number of aromatic hydroxyl groups is 2. The number of fused-ring (bicyclic) bond motifs is 1. The van der Waals surface area contributed by atoms with Crippen molar-refractivity contribution in [2.75, 3.05) is 25.0 Å². The number of carbonyl (C=O) groups excluding carboxylic acids is 1. The van der Waals surface area contributed by atoms with E-state index in [0.29, 0.717) is 22.4 Å². The summed E-state index contributed by atoms with van der Waals surface area (Å²) in [5.74, 6) is 0.251. The summed E-state index contributed by atoms with van der Waals surface area (Å²) in [7, 11) is 0. The lowest BCUT2D eigenvalue weighted by atomic mass is 10.0. The maximum absolute atomic E-state index is 13.0. The maximum Gasteiger partial charge on any atom is 0.255 e. The fourth-order valence-electron chi connectivity index (χ4n) is 6.77. The standard InChI is InChI=1S/C43H53N3O3/c1-6-22-45(25-21-30(2)3)23-11-8-12-24-46-32(5)31(4)38-27-34(17-20-39(38)46)26-33-15-18-36(19-16-33)43(49)44-37-28-40(47)42(41(48)29-37)35-13-9-7-10-14-35/h7,9-10,13-20,27-30,47-48H,6,8,11-12,21-26H2,1-5H3,(H,44,49). The van der Waals surface area contributed by atoms with Crippen LogP contribution in [0.25, 0.3) is 22.0 Å². The Labute approximate surface area is 292 Å². The molecule has 0 aliphatic carbocycles. The van der Waals surface area contributed by atoms with Crippen LogP contribution < -0.4 is 5.32 Å². The SMILES string of the molecule is CCCN(CCCCCn1c(C)c(C)c2cc(Cc3ccc(C(=O)Nc4cc(O)c(-c5ccccc5)c(O)c4)cc3)ccc21)CCC(C)C. The Kier molecular flexibility index (Phi) is 12.2. The third-order valence-electron chi connectivity index (χ3n) is 9.66. The van der Waals surface area contributed by atoms with E-state index in [4.69, 9.17) is 0 Å². The van der Waals surface area contributed by atoms with Crippen molar-refractivity contribution in [2.24, 2.45) is 5.92 Å². The van der Waals surface area contributed by atoms with Crippen molar-refractivity contribution in [3.63, 3.8) is 0 Å². The van der Waals surface area contributed by atoms with Crippen molar-refractivity contribution in [2.45, 2.75) is 79.7 Å². The van der Waals surface area contributed by atoms with Crippen molar-refractivity contribution in [3.05, 3.63) is 113 Å². The normalized spacial score (nSPS) is 11.6. The first kappa shape index (κ1) is 35.7. The van der Waals surface area contributed by atoms with Gasteiger partial charge in [-0.05, 0) is 118 Å². The van der Waals surface area contributed by atoms with Gasteiger partial charge in [0.1, 0.15) is 11.5 Å². The zero-order chi connectivity index (χ0) is 34.9. The molecule has 1 amide bonds. The van der Waals surface area contributed by atoms with Crippen LogP contribution in [0.3, 0.4) is 0 Å². The number of amides is 1. The van der Waals surface area contributed by atoms with Crippen LogP contribution in [0.5, 0.6) is 11.5 Å². The number of unbranched alkanes of at least 4 members (excludes halogenated alkanes) is 2. The van der Waals surface area contributed by atoms with E-state index in [1.54, 1.807) is 0 Å². The largest absolute Gasteiger partial charge is 0.507 e. The van der Waals surface area contributed by atoms with Gasteiger partial charge in [0.05, 0.1) is 5.56 Å². The highest BCUT2D eigenvalue weighted by Gasteiger charge is 2.15. The first-order chi connectivity index (χ1) is 23.6. The Balaban J connectivity index is 1.17. The van der Waals surface area contributed by atoms with E-state index in [9.17, 15) is 15.0 Å². The average molecular weight is 660 g/mol. The third kappa shape index (κ3) is 9.12. The van der Waals surface area contributed by atoms with Gasteiger partial charge in [0, 0.05) is 46.5 Å². The summed E-state index contributed by atoms with van der Waals surface area (Å²) in [5, 5.41) is 25.3. The van der Waals surface area contributed by atoms with Gasteiger partial charge in [-0.2, -0.15) is 0 Å². The number of aromatic nitrogens is 1. The Morgan fingerprint density at radius 1 is 0.816 bits per heavy atom. The van der Waals surface area contributed by atoms with Gasteiger partial charge < -0.3 is 25.0 Å². The molecule has 0 saturated heterocycles. The molecule has 1 heterocycles. The number of nitrogens with zero attached hydrogens (tertiary/aromatic N) is 2. The van der Waals surface area contributed by atoms with Crippen molar-refractivity contribution in [1.82, 2.24) is 9.47 Å². The van der Waals surface area contributed by atoms with Crippen molar-refractivity contribution >= 4 is 22.5 Å². The van der Waals surface area contributed by atoms with Gasteiger partial charge in [-0.3, -0.25) is 4.79 Å². The second-order valence-electron chi connectivity index (χ2n) is 13.9. The van der Waals surface area contributed by atoms with Gasteiger partial charge in [-0.25, -0.2) is 0 Å². The fraction of sp³-hybridized carbons (Fsp3) is 0.372. The first-order valence-electron chi connectivity index (χ1n) is 18.0. The zero-order valence-electron chi connectivity index (χ0n) is 29.9. The highest BCUT2D eigenvalue weighted by atomic mass is 16.3. The van der Waals surface area contributed by atoms with E-state index < -0.39 is 0 Å². The van der Waals surface area contributed by atoms with Crippen LogP contribution >= 0.6 is 0 Å². The predicted octanol–water partition coefficient (Wildman–Crippen LogP) is 10.1. The number of nitrogens with one attached hydrogen (secondary N) is 1. The molecular weight excluding hydrogens is 606 g/mol. The molecule has 5 aromatic rings. The number of phenolic OH excluding ortho intramolecular Hbond substituents is 2. The lowest BCUT2D eigenvalue weighted by Gasteiger charge is -2.22. The molecule has 5 rings (SSSR count). The molecule has 0 aliphatic rings. The van der Waals surface area contributed by atoms with Gasteiger partial charge >= 0.3 is 0 Å². The molecule has 0 bridgehead atoms. The van der Waals surface area contributed by atoms with Gasteiger partial charge in [-0.15, -0.1) is 0 Å². The van der Waals surface area contributed by atoms with Crippen molar-refractivity contribution < 1.29 is 15.0 Å². The molecule has 6 nitrogen and oxygen atoms in total. The molecule has 4 aromatic carbocycles. The van der Waals surface area contributed by atoms with E-state index in [2.05, 4.69) is 67.6 Å². The molecule has 0 spiro atoms. The van der Waals surface area contributed by atoms with Crippen LogP contribution in [-0.4, -0.2) is 45.2 Å². The number of anilines is 1. The minimum atomic E-state index is -0.309. The molecule has 0 fully saturated rings. The summed E-state index contributed by atoms with van der Waals surface area (Å²) in [5.41, 5.74) is 8.23. The Hall–Kier alpha value is -4.55. The van der Waals surface area contributed by atoms with E-state index >= 15 is 0 Å². The number of hydrogen-bond acceptors (Lipinski definition) is 4. The summed E-state index contributed by atoms with van der Waals surface area (Å²) >= 11 is 0. The minimum Gasteiger partial charge on any atom is -0.507 e. The molecule has 49 heavy (non-hydrogen) atoms. The second-order valence-corrected chi connectivity index (χ2v) is 13.9. The predicted molar refractivity (Wildman–Crippen MR) is 204 cm³/mol. The quantitative estimate of drug-likeness (QED) is 0.0922. The van der Waals surface area contributed by atoms with Crippen LogP contribution in [0.4, 0.5) is 5.69 Å². The molecule has 0 saturated carbocycles. The molecule has 6 heteroatoms. The van der Waals surface area contributed by atoms with E-state index in [1.807, 2.05) is 54.6 Å². The average Bonchev–Trinajstić information content (AvgIpc) is 3.31. The van der Waals surface area contributed by atoms with Gasteiger partial charge in [0.2, 0.25) is 0 Å². The molecule has 1 aromatic heterocycles. The number of rotatable bonds is 16. The van der Waals surface area contributed by atoms with E-state index in [0.717, 1.165) is 24.4 Å². The van der Waals surface area contributed by atoms with Crippen LogP contribution in [0.2, 0.25) is 0 Å².